The molecule has 0 spiro atoms. The van der Waals surface area contributed by atoms with Crippen molar-refractivity contribution in [1.82, 2.24) is 0 Å². The van der Waals surface area contributed by atoms with Gasteiger partial charge >= 0.3 is 0 Å². The van der Waals surface area contributed by atoms with Gasteiger partial charge in [0, 0.05) is 14.2 Å². The maximum atomic E-state index is 5.50. The molecule has 0 aliphatic heterocycles. The van der Waals surface area contributed by atoms with Crippen LogP contribution in [0.1, 0.15) is 11.1 Å². The first-order chi connectivity index (χ1) is 9.12. The molecule has 20 heavy (non-hydrogen) atoms. The molecule has 0 radical (unpaired) electrons. The summed E-state index contributed by atoms with van der Waals surface area (Å²) in [6.07, 6.45) is 0. The van der Waals surface area contributed by atoms with E-state index >= 15 is 0 Å². The normalized spacial score (nSPS) is 12.8. The molecule has 0 unspecified atom stereocenters. The first kappa shape index (κ1) is 17.6. The van der Waals surface area contributed by atoms with Gasteiger partial charge in [-0.3, -0.25) is 0 Å². The molecule has 1 aromatic carbocycles. The molecule has 4 heteroatoms. The van der Waals surface area contributed by atoms with Gasteiger partial charge in [0.1, 0.15) is 0 Å². The van der Waals surface area contributed by atoms with Crippen molar-refractivity contribution in [3.05, 3.63) is 23.3 Å². The van der Waals surface area contributed by atoms with E-state index in [2.05, 4.69) is 51.4 Å². The van der Waals surface area contributed by atoms with Crippen molar-refractivity contribution in [1.29, 1.82) is 0 Å². The summed E-state index contributed by atoms with van der Waals surface area (Å²) < 4.78 is 11.0. The molecule has 0 saturated carbocycles. The molecule has 0 saturated heterocycles. The average Bonchev–Trinajstić information content (AvgIpc) is 2.28. The predicted molar refractivity (Wildman–Crippen MR) is 93.8 cm³/mol. The summed E-state index contributed by atoms with van der Waals surface area (Å²) in [6.45, 7) is 15.8. The number of methoxy groups -OCH3 is 2. The second-order valence-electron chi connectivity index (χ2n) is 7.48. The van der Waals surface area contributed by atoms with Crippen LogP contribution in [0.4, 0.5) is 0 Å². The quantitative estimate of drug-likeness (QED) is 0.752. The van der Waals surface area contributed by atoms with E-state index < -0.39 is 16.1 Å². The van der Waals surface area contributed by atoms with Crippen molar-refractivity contribution in [3.63, 3.8) is 0 Å². The highest BCUT2D eigenvalue weighted by molar-refractivity contribution is 6.90. The molecule has 0 amide bonds. The molecule has 2 nitrogen and oxygen atoms in total. The Labute approximate surface area is 126 Å². The van der Waals surface area contributed by atoms with Crippen LogP contribution in [0.2, 0.25) is 39.3 Å². The highest BCUT2D eigenvalue weighted by Gasteiger charge is 2.27. The topological polar surface area (TPSA) is 18.5 Å². The highest BCUT2D eigenvalue weighted by Crippen LogP contribution is 2.17. The number of rotatable bonds is 6. The lowest BCUT2D eigenvalue weighted by Gasteiger charge is -2.29. The maximum absolute atomic E-state index is 5.50. The Morgan fingerprint density at radius 2 is 1.00 bits per heavy atom. The minimum Gasteiger partial charge on any atom is -0.380 e. The summed E-state index contributed by atoms with van der Waals surface area (Å²) in [5.41, 5.74) is 2.77. The first-order valence-electron chi connectivity index (χ1n) is 7.26. The first-order valence-corrected chi connectivity index (χ1v) is 14.3. The van der Waals surface area contributed by atoms with Gasteiger partial charge in [-0.2, -0.15) is 0 Å². The summed E-state index contributed by atoms with van der Waals surface area (Å²) >= 11 is 0. The third-order valence-electron chi connectivity index (χ3n) is 3.62. The Bertz CT molecular complexity index is 414. The van der Waals surface area contributed by atoms with Gasteiger partial charge < -0.3 is 9.47 Å². The van der Waals surface area contributed by atoms with Crippen LogP contribution in [0.5, 0.6) is 0 Å². The van der Waals surface area contributed by atoms with Crippen molar-refractivity contribution in [2.24, 2.45) is 0 Å². The minimum atomic E-state index is -1.38. The van der Waals surface area contributed by atoms with E-state index in [0.29, 0.717) is 13.2 Å². The smallest absolute Gasteiger partial charge is 0.0780 e. The zero-order valence-electron chi connectivity index (χ0n) is 14.4. The second-order valence-corrected chi connectivity index (χ2v) is 17.6. The largest absolute Gasteiger partial charge is 0.380 e. The highest BCUT2D eigenvalue weighted by atomic mass is 28.3. The Hall–Kier alpha value is -0.426. The second kappa shape index (κ2) is 6.56. The van der Waals surface area contributed by atoms with Gasteiger partial charge in [0.25, 0.3) is 0 Å². The lowest BCUT2D eigenvalue weighted by Crippen LogP contribution is -2.47. The molecule has 0 bridgehead atoms. The van der Waals surface area contributed by atoms with Crippen LogP contribution in [-0.4, -0.2) is 30.4 Å². The monoisotopic (exact) mass is 310 g/mol. The van der Waals surface area contributed by atoms with Crippen LogP contribution >= 0.6 is 0 Å². The molecule has 1 aromatic rings. The molecule has 0 aliphatic rings. The van der Waals surface area contributed by atoms with Crippen molar-refractivity contribution >= 4 is 26.5 Å². The van der Waals surface area contributed by atoms with E-state index in [1.807, 2.05) is 0 Å². The SMILES string of the molecule is COCc1c([Si](C)(C)C)ccc([Si](C)(C)C)c1COC. The molecule has 0 heterocycles. The molecular weight excluding hydrogens is 280 g/mol. The fraction of sp³-hybridized carbons (Fsp3) is 0.625. The zero-order chi connectivity index (χ0) is 15.6. The third-order valence-corrected chi connectivity index (χ3v) is 7.79. The van der Waals surface area contributed by atoms with Gasteiger partial charge in [0.2, 0.25) is 0 Å². The van der Waals surface area contributed by atoms with Gasteiger partial charge in [-0.1, -0.05) is 61.8 Å². The van der Waals surface area contributed by atoms with E-state index in [1.165, 1.54) is 21.5 Å². The lowest BCUT2D eigenvalue weighted by atomic mass is 10.1. The molecule has 114 valence electrons. The standard InChI is InChI=1S/C16H30O2Si2/c1-17-11-13-14(12-18-2)16(20(6,7)8)10-9-15(13)19(3,4)5/h9-10H,11-12H2,1-8H3. The van der Waals surface area contributed by atoms with Crippen LogP contribution in [-0.2, 0) is 22.7 Å². The zero-order valence-corrected chi connectivity index (χ0v) is 16.4. The summed E-state index contributed by atoms with van der Waals surface area (Å²) in [7, 11) is 0.812. The molecule has 0 aliphatic carbocycles. The maximum Gasteiger partial charge on any atom is 0.0780 e. The van der Waals surface area contributed by atoms with Crippen molar-refractivity contribution < 1.29 is 9.47 Å². The Morgan fingerprint density at radius 3 is 1.20 bits per heavy atom. The van der Waals surface area contributed by atoms with Crippen LogP contribution in [0.3, 0.4) is 0 Å². The molecule has 0 atom stereocenters. The average molecular weight is 311 g/mol. The molecule has 0 aromatic heterocycles. The summed E-state index contributed by atoms with van der Waals surface area (Å²) in [5.74, 6) is 0. The van der Waals surface area contributed by atoms with Crippen molar-refractivity contribution in [2.45, 2.75) is 52.5 Å². The molecular formula is C16H30O2Si2. The van der Waals surface area contributed by atoms with Gasteiger partial charge in [0.15, 0.2) is 0 Å². The van der Waals surface area contributed by atoms with Gasteiger partial charge in [-0.25, -0.2) is 0 Å². The Kier molecular flexibility index (Phi) is 5.78. The van der Waals surface area contributed by atoms with E-state index in [1.54, 1.807) is 14.2 Å². The van der Waals surface area contributed by atoms with Gasteiger partial charge in [0.05, 0.1) is 29.4 Å². The van der Waals surface area contributed by atoms with E-state index in [0.717, 1.165) is 0 Å². The number of hydrogen-bond donors (Lipinski definition) is 0. The van der Waals surface area contributed by atoms with E-state index in [9.17, 15) is 0 Å². The molecule has 0 fully saturated rings. The third kappa shape index (κ3) is 4.04. The van der Waals surface area contributed by atoms with E-state index in [-0.39, 0.29) is 0 Å². The predicted octanol–water partition coefficient (Wildman–Crippen LogP) is 3.07. The summed E-state index contributed by atoms with van der Waals surface area (Å²) in [6, 6.07) is 4.71. The number of hydrogen-bond acceptors (Lipinski definition) is 2. The Balaban J connectivity index is 3.58. The lowest BCUT2D eigenvalue weighted by molar-refractivity contribution is 0.169. The fourth-order valence-corrected chi connectivity index (χ4v) is 6.14. The van der Waals surface area contributed by atoms with E-state index in [4.69, 9.17) is 9.47 Å². The van der Waals surface area contributed by atoms with Crippen LogP contribution < -0.4 is 10.4 Å². The minimum absolute atomic E-state index is 0.691. The number of benzene rings is 1. The van der Waals surface area contributed by atoms with Crippen molar-refractivity contribution in [2.75, 3.05) is 14.2 Å². The van der Waals surface area contributed by atoms with Crippen LogP contribution in [0, 0.1) is 0 Å². The summed E-state index contributed by atoms with van der Waals surface area (Å²) in [5, 5.41) is 3.02. The molecule has 0 N–H and O–H groups in total. The van der Waals surface area contributed by atoms with Gasteiger partial charge in [-0.15, -0.1) is 0 Å². The van der Waals surface area contributed by atoms with Crippen LogP contribution in [0.25, 0.3) is 0 Å². The van der Waals surface area contributed by atoms with Crippen molar-refractivity contribution in [3.8, 4) is 0 Å². The fourth-order valence-electron chi connectivity index (χ4n) is 2.72. The Morgan fingerprint density at radius 1 is 0.700 bits per heavy atom. The summed E-state index contributed by atoms with van der Waals surface area (Å²) in [4.78, 5) is 0. The molecule has 1 rings (SSSR count). The van der Waals surface area contributed by atoms with Gasteiger partial charge in [-0.05, 0) is 11.1 Å². The number of ether oxygens (including phenoxy) is 2. The van der Waals surface area contributed by atoms with Crippen LogP contribution in [0.15, 0.2) is 12.1 Å².